The first-order valence-electron chi connectivity index (χ1n) is 6.79. The zero-order valence-electron chi connectivity index (χ0n) is 11.8. The molecule has 1 rings (SSSR count). The number of carboxylic acids is 1. The average Bonchev–Trinajstić information content (AvgIpc) is 2.23. The third kappa shape index (κ3) is 3.47. The number of hydrogen-bond acceptors (Lipinski definition) is 2. The van der Waals surface area contributed by atoms with E-state index in [4.69, 9.17) is 5.11 Å². The van der Waals surface area contributed by atoms with Crippen LogP contribution in [0.15, 0.2) is 0 Å². The molecule has 0 aromatic carbocycles. The Morgan fingerprint density at radius 1 is 1.28 bits per heavy atom. The van der Waals surface area contributed by atoms with E-state index in [0.29, 0.717) is 0 Å². The lowest BCUT2D eigenvalue weighted by Gasteiger charge is -2.38. The fourth-order valence-electron chi connectivity index (χ4n) is 2.75. The molecule has 0 radical (unpaired) electrons. The molecule has 0 aliphatic heterocycles. The van der Waals surface area contributed by atoms with Crippen molar-refractivity contribution in [2.45, 2.75) is 59.4 Å². The van der Waals surface area contributed by atoms with E-state index in [9.17, 15) is 9.59 Å². The lowest BCUT2D eigenvalue weighted by atomic mass is 9.68. The first-order valence-corrected chi connectivity index (χ1v) is 6.79. The number of nitrogens with one attached hydrogen (secondary N) is 1. The fraction of sp³-hybridized carbons (Fsp3) is 0.857. The van der Waals surface area contributed by atoms with Crippen molar-refractivity contribution < 1.29 is 14.7 Å². The van der Waals surface area contributed by atoms with Gasteiger partial charge in [-0.2, -0.15) is 0 Å². The first kappa shape index (κ1) is 15.0. The molecule has 0 bridgehead atoms. The molecule has 0 aromatic rings. The molecule has 0 spiro atoms. The largest absolute Gasteiger partial charge is 0.480 e. The molecule has 2 atom stereocenters. The molecule has 2 N–H and O–H groups in total. The first-order chi connectivity index (χ1) is 8.25. The molecule has 1 fully saturated rings. The maximum Gasteiger partial charge on any atom is 0.326 e. The zero-order chi connectivity index (χ0) is 13.9. The summed E-state index contributed by atoms with van der Waals surface area (Å²) in [7, 11) is 0. The normalized spacial score (nSPS) is 24.6. The third-order valence-electron chi connectivity index (χ3n) is 4.05. The zero-order valence-corrected chi connectivity index (χ0v) is 11.8. The van der Waals surface area contributed by atoms with Gasteiger partial charge in [0.1, 0.15) is 6.04 Å². The van der Waals surface area contributed by atoms with E-state index in [1.165, 1.54) is 0 Å². The quantitative estimate of drug-likeness (QED) is 0.810. The summed E-state index contributed by atoms with van der Waals surface area (Å²) in [6, 6.07) is -0.782. The number of rotatable bonds is 4. The van der Waals surface area contributed by atoms with Crippen LogP contribution in [-0.2, 0) is 9.59 Å². The van der Waals surface area contributed by atoms with Crippen LogP contribution in [0.4, 0.5) is 0 Å². The standard InChI is InChI=1S/C14H25NO3/c1-9(2)11(13(17)18)15-12(16)10-7-5-6-8-14(10,3)4/h9-11H,5-8H2,1-4H3,(H,15,16)(H,17,18). The van der Waals surface area contributed by atoms with Crippen molar-refractivity contribution in [2.24, 2.45) is 17.3 Å². The number of hydrogen-bond donors (Lipinski definition) is 2. The van der Waals surface area contributed by atoms with E-state index in [1.807, 2.05) is 13.8 Å². The van der Waals surface area contributed by atoms with Crippen LogP contribution in [0.1, 0.15) is 53.4 Å². The highest BCUT2D eigenvalue weighted by Gasteiger charge is 2.38. The summed E-state index contributed by atoms with van der Waals surface area (Å²) in [5.41, 5.74) is -0.0254. The van der Waals surface area contributed by atoms with Gasteiger partial charge in [0.15, 0.2) is 0 Å². The van der Waals surface area contributed by atoms with Crippen LogP contribution in [0.2, 0.25) is 0 Å². The van der Waals surface area contributed by atoms with E-state index in [0.717, 1.165) is 25.7 Å². The molecule has 1 saturated carbocycles. The monoisotopic (exact) mass is 255 g/mol. The van der Waals surface area contributed by atoms with Crippen molar-refractivity contribution in [3.63, 3.8) is 0 Å². The molecule has 104 valence electrons. The van der Waals surface area contributed by atoms with Crippen LogP contribution in [0.25, 0.3) is 0 Å². The smallest absolute Gasteiger partial charge is 0.326 e. The molecule has 18 heavy (non-hydrogen) atoms. The highest BCUT2D eigenvalue weighted by atomic mass is 16.4. The summed E-state index contributed by atoms with van der Waals surface area (Å²) in [4.78, 5) is 23.4. The van der Waals surface area contributed by atoms with Crippen LogP contribution in [0, 0.1) is 17.3 Å². The molecule has 4 heteroatoms. The third-order valence-corrected chi connectivity index (χ3v) is 4.05. The average molecular weight is 255 g/mol. The van der Waals surface area contributed by atoms with Gasteiger partial charge >= 0.3 is 5.97 Å². The second-order valence-corrected chi connectivity index (χ2v) is 6.36. The predicted octanol–water partition coefficient (Wildman–Crippen LogP) is 2.43. The SMILES string of the molecule is CC(C)C(NC(=O)C1CCCCC1(C)C)C(=O)O. The van der Waals surface area contributed by atoms with Gasteiger partial charge in [-0.1, -0.05) is 40.5 Å². The minimum Gasteiger partial charge on any atom is -0.480 e. The predicted molar refractivity (Wildman–Crippen MR) is 70.1 cm³/mol. The minimum atomic E-state index is -0.952. The number of carbonyl (C=O) groups excluding carboxylic acids is 1. The molecule has 0 heterocycles. The molecule has 1 aliphatic carbocycles. The van der Waals surface area contributed by atoms with Gasteiger partial charge in [0.05, 0.1) is 0 Å². The van der Waals surface area contributed by atoms with Gasteiger partial charge in [-0.25, -0.2) is 4.79 Å². The lowest BCUT2D eigenvalue weighted by Crippen LogP contribution is -2.49. The van der Waals surface area contributed by atoms with Crippen molar-refractivity contribution >= 4 is 11.9 Å². The second-order valence-electron chi connectivity index (χ2n) is 6.36. The minimum absolute atomic E-state index is 0.0254. The summed E-state index contributed by atoms with van der Waals surface area (Å²) in [6.07, 6.45) is 4.11. The summed E-state index contributed by atoms with van der Waals surface area (Å²) in [5, 5.41) is 11.8. The number of carbonyl (C=O) groups is 2. The molecule has 4 nitrogen and oxygen atoms in total. The van der Waals surface area contributed by atoms with E-state index in [-0.39, 0.29) is 23.2 Å². The van der Waals surface area contributed by atoms with Crippen molar-refractivity contribution in [1.82, 2.24) is 5.32 Å². The second kappa shape index (κ2) is 5.72. The van der Waals surface area contributed by atoms with Gasteiger partial charge in [-0.3, -0.25) is 4.79 Å². The van der Waals surface area contributed by atoms with Gasteiger partial charge in [0.25, 0.3) is 0 Å². The molecule has 2 unspecified atom stereocenters. The Labute approximate surface area is 109 Å². The maximum absolute atomic E-state index is 12.3. The highest BCUT2D eigenvalue weighted by Crippen LogP contribution is 2.40. The van der Waals surface area contributed by atoms with Crippen molar-refractivity contribution in [3.05, 3.63) is 0 Å². The van der Waals surface area contributed by atoms with Crippen LogP contribution in [0.3, 0.4) is 0 Å². The number of aliphatic carboxylic acids is 1. The Kier molecular flexibility index (Phi) is 4.77. The Bertz CT molecular complexity index is 323. The van der Waals surface area contributed by atoms with Crippen molar-refractivity contribution in [2.75, 3.05) is 0 Å². The van der Waals surface area contributed by atoms with Gasteiger partial charge in [0, 0.05) is 5.92 Å². The van der Waals surface area contributed by atoms with E-state index in [2.05, 4.69) is 19.2 Å². The van der Waals surface area contributed by atoms with Gasteiger partial charge in [0.2, 0.25) is 5.91 Å². The summed E-state index contributed by atoms with van der Waals surface area (Å²) < 4.78 is 0. The molecular formula is C14H25NO3. The van der Waals surface area contributed by atoms with E-state index < -0.39 is 12.0 Å². The Morgan fingerprint density at radius 2 is 1.89 bits per heavy atom. The molecule has 0 aromatic heterocycles. The summed E-state index contributed by atoms with van der Waals surface area (Å²) in [6.45, 7) is 7.82. The van der Waals surface area contributed by atoms with E-state index >= 15 is 0 Å². The lowest BCUT2D eigenvalue weighted by molar-refractivity contribution is -0.145. The fourth-order valence-corrected chi connectivity index (χ4v) is 2.75. The van der Waals surface area contributed by atoms with Crippen LogP contribution >= 0.6 is 0 Å². The van der Waals surface area contributed by atoms with Crippen LogP contribution < -0.4 is 5.32 Å². The van der Waals surface area contributed by atoms with Crippen LogP contribution in [-0.4, -0.2) is 23.0 Å². The van der Waals surface area contributed by atoms with E-state index in [1.54, 1.807) is 0 Å². The Morgan fingerprint density at radius 3 is 2.33 bits per heavy atom. The van der Waals surface area contributed by atoms with Crippen LogP contribution in [0.5, 0.6) is 0 Å². The molecular weight excluding hydrogens is 230 g/mol. The number of carboxylic acid groups (broad SMARTS) is 1. The van der Waals surface area contributed by atoms with Gasteiger partial charge in [-0.15, -0.1) is 0 Å². The van der Waals surface area contributed by atoms with Gasteiger partial charge < -0.3 is 10.4 Å². The molecule has 1 amide bonds. The molecule has 0 saturated heterocycles. The topological polar surface area (TPSA) is 66.4 Å². The van der Waals surface area contributed by atoms with Crippen molar-refractivity contribution in [1.29, 1.82) is 0 Å². The Hall–Kier alpha value is -1.06. The maximum atomic E-state index is 12.3. The van der Waals surface area contributed by atoms with Crippen molar-refractivity contribution in [3.8, 4) is 0 Å². The highest BCUT2D eigenvalue weighted by molar-refractivity contribution is 5.85. The molecule has 1 aliphatic rings. The Balaban J connectivity index is 2.71. The summed E-state index contributed by atoms with van der Waals surface area (Å²) >= 11 is 0. The summed E-state index contributed by atoms with van der Waals surface area (Å²) in [5.74, 6) is -1.21. The van der Waals surface area contributed by atoms with Gasteiger partial charge in [-0.05, 0) is 24.2 Å². The number of amides is 1.